The number of piperidine rings is 1. The van der Waals surface area contributed by atoms with Crippen LogP contribution < -0.4 is 0 Å². The third kappa shape index (κ3) is 2.98. The van der Waals surface area contributed by atoms with Gasteiger partial charge in [0.15, 0.2) is 0 Å². The van der Waals surface area contributed by atoms with Crippen LogP contribution >= 0.6 is 0 Å². The number of hydrogen-bond acceptors (Lipinski definition) is 2. The van der Waals surface area contributed by atoms with Gasteiger partial charge in [0.2, 0.25) is 0 Å². The Morgan fingerprint density at radius 2 is 2.21 bits per heavy atom. The molecule has 1 atom stereocenters. The topological polar surface area (TPSA) is 30.3 Å². The van der Waals surface area contributed by atoms with E-state index >= 15 is 0 Å². The molecule has 82 valence electrons. The summed E-state index contributed by atoms with van der Waals surface area (Å²) >= 11 is 0. The fraction of sp³-hybridized carbons (Fsp3) is 0.909. The normalized spacial score (nSPS) is 22.9. The molecule has 1 heterocycles. The third-order valence-corrected chi connectivity index (χ3v) is 3.00. The smallest absolute Gasteiger partial charge is 0.0958 e. The predicted molar refractivity (Wildman–Crippen MR) is 60.9 cm³/mol. The summed E-state index contributed by atoms with van der Waals surface area (Å²) in [6, 6.07) is 0.640. The summed E-state index contributed by atoms with van der Waals surface area (Å²) in [5.74, 6) is 0.832. The summed E-state index contributed by atoms with van der Waals surface area (Å²) in [5.41, 5.74) is 0. The predicted octanol–water partition coefficient (Wildman–Crippen LogP) is 1.79. The lowest BCUT2D eigenvalue weighted by molar-refractivity contribution is 0.181. The zero-order valence-corrected chi connectivity index (χ0v) is 9.71. The largest absolute Gasteiger partial charge is 0.359 e. The van der Waals surface area contributed by atoms with Crippen molar-refractivity contribution in [2.24, 2.45) is 0 Å². The molecule has 14 heavy (non-hydrogen) atoms. The molecular formula is C11H23N3. The lowest BCUT2D eigenvalue weighted by Gasteiger charge is -2.37. The first-order chi connectivity index (χ1) is 6.65. The van der Waals surface area contributed by atoms with E-state index < -0.39 is 0 Å². The van der Waals surface area contributed by atoms with Crippen molar-refractivity contribution in [1.82, 2.24) is 9.80 Å². The second kappa shape index (κ2) is 5.35. The molecule has 0 amide bonds. The van der Waals surface area contributed by atoms with Crippen LogP contribution in [0.5, 0.6) is 0 Å². The van der Waals surface area contributed by atoms with Crippen molar-refractivity contribution in [2.45, 2.75) is 38.6 Å². The summed E-state index contributed by atoms with van der Waals surface area (Å²) in [5, 5.41) is 7.92. The number of rotatable bonds is 3. The van der Waals surface area contributed by atoms with Gasteiger partial charge in [0.1, 0.15) is 0 Å². The van der Waals surface area contributed by atoms with Gasteiger partial charge in [-0.25, -0.2) is 0 Å². The Labute approximate surface area is 87.6 Å². The molecule has 1 saturated heterocycles. The average Bonchev–Trinajstić information content (AvgIpc) is 2.18. The maximum atomic E-state index is 7.92. The zero-order valence-electron chi connectivity index (χ0n) is 9.71. The minimum atomic E-state index is 0.640. The maximum absolute atomic E-state index is 7.92. The Bertz CT molecular complexity index is 189. The molecule has 0 radical (unpaired) electrons. The van der Waals surface area contributed by atoms with Crippen molar-refractivity contribution in [3.05, 3.63) is 0 Å². The fourth-order valence-corrected chi connectivity index (χ4v) is 2.02. The second-order valence-electron chi connectivity index (χ2n) is 4.40. The SMILES string of the molecule is CCCC(=N)N1CCCC(N(C)C)C1. The summed E-state index contributed by atoms with van der Waals surface area (Å²) < 4.78 is 0. The first-order valence-electron chi connectivity index (χ1n) is 5.64. The molecule has 1 rings (SSSR count). The van der Waals surface area contributed by atoms with Crippen LogP contribution in [0, 0.1) is 5.41 Å². The molecule has 0 aromatic carbocycles. The first kappa shape index (κ1) is 11.5. The highest BCUT2D eigenvalue weighted by Crippen LogP contribution is 2.14. The van der Waals surface area contributed by atoms with E-state index in [2.05, 4.69) is 30.8 Å². The summed E-state index contributed by atoms with van der Waals surface area (Å²) in [6.45, 7) is 4.27. The monoisotopic (exact) mass is 197 g/mol. The summed E-state index contributed by atoms with van der Waals surface area (Å²) in [7, 11) is 4.27. The van der Waals surface area contributed by atoms with Gasteiger partial charge in [-0.1, -0.05) is 6.92 Å². The molecule has 0 aliphatic carbocycles. The molecule has 0 bridgehead atoms. The molecule has 1 unspecified atom stereocenters. The van der Waals surface area contributed by atoms with Crippen molar-refractivity contribution in [1.29, 1.82) is 5.41 Å². The van der Waals surface area contributed by atoms with Crippen molar-refractivity contribution >= 4 is 5.84 Å². The standard InChI is InChI=1S/C11H23N3/c1-4-6-11(12)14-8-5-7-10(9-14)13(2)3/h10,12H,4-9H2,1-3H3. The molecular weight excluding hydrogens is 174 g/mol. The van der Waals surface area contributed by atoms with Crippen molar-refractivity contribution in [2.75, 3.05) is 27.2 Å². The van der Waals surface area contributed by atoms with E-state index in [1.54, 1.807) is 0 Å². The second-order valence-corrected chi connectivity index (χ2v) is 4.40. The molecule has 3 nitrogen and oxygen atoms in total. The van der Waals surface area contributed by atoms with Gasteiger partial charge in [-0.15, -0.1) is 0 Å². The lowest BCUT2D eigenvalue weighted by Crippen LogP contribution is -2.47. The summed E-state index contributed by atoms with van der Waals surface area (Å²) in [6.07, 6.45) is 4.53. The maximum Gasteiger partial charge on any atom is 0.0958 e. The molecule has 1 N–H and O–H groups in total. The number of hydrogen-bond donors (Lipinski definition) is 1. The number of likely N-dealkylation sites (tertiary alicyclic amines) is 1. The van der Waals surface area contributed by atoms with E-state index in [0.29, 0.717) is 6.04 Å². The number of likely N-dealkylation sites (N-methyl/N-ethyl adjacent to an activating group) is 1. The van der Waals surface area contributed by atoms with Crippen molar-refractivity contribution in [3.8, 4) is 0 Å². The molecule has 0 saturated carbocycles. The van der Waals surface area contributed by atoms with Gasteiger partial charge in [-0.3, -0.25) is 5.41 Å². The van der Waals surface area contributed by atoms with Crippen LogP contribution in [0.3, 0.4) is 0 Å². The highest BCUT2D eigenvalue weighted by Gasteiger charge is 2.22. The molecule has 0 aromatic rings. The quantitative estimate of drug-likeness (QED) is 0.552. The van der Waals surface area contributed by atoms with E-state index in [1.807, 2.05) is 0 Å². The Morgan fingerprint density at radius 3 is 2.79 bits per heavy atom. The Balaban J connectivity index is 2.43. The lowest BCUT2D eigenvalue weighted by atomic mass is 10.0. The van der Waals surface area contributed by atoms with Gasteiger partial charge in [0.05, 0.1) is 5.84 Å². The third-order valence-electron chi connectivity index (χ3n) is 3.00. The first-order valence-corrected chi connectivity index (χ1v) is 5.64. The van der Waals surface area contributed by atoms with E-state index in [9.17, 15) is 0 Å². The fourth-order valence-electron chi connectivity index (χ4n) is 2.02. The van der Waals surface area contributed by atoms with Crippen LogP contribution in [0.15, 0.2) is 0 Å². The van der Waals surface area contributed by atoms with Crippen molar-refractivity contribution in [3.63, 3.8) is 0 Å². The molecule has 0 spiro atoms. The van der Waals surface area contributed by atoms with Crippen molar-refractivity contribution < 1.29 is 0 Å². The van der Waals surface area contributed by atoms with Crippen LogP contribution in [0.25, 0.3) is 0 Å². The number of amidine groups is 1. The van der Waals surface area contributed by atoms with E-state index in [4.69, 9.17) is 5.41 Å². The van der Waals surface area contributed by atoms with Gasteiger partial charge in [-0.05, 0) is 33.4 Å². The van der Waals surface area contributed by atoms with Crippen LogP contribution in [0.2, 0.25) is 0 Å². The van der Waals surface area contributed by atoms with Gasteiger partial charge in [0, 0.05) is 25.6 Å². The van der Waals surface area contributed by atoms with E-state index in [0.717, 1.165) is 31.8 Å². The summed E-state index contributed by atoms with van der Waals surface area (Å²) in [4.78, 5) is 4.53. The van der Waals surface area contributed by atoms with Gasteiger partial charge < -0.3 is 9.80 Å². The molecule has 1 aliphatic heterocycles. The average molecular weight is 197 g/mol. The Morgan fingerprint density at radius 1 is 1.50 bits per heavy atom. The molecule has 1 aliphatic rings. The zero-order chi connectivity index (χ0) is 10.6. The van der Waals surface area contributed by atoms with Crippen LogP contribution in [-0.4, -0.2) is 48.9 Å². The Kier molecular flexibility index (Phi) is 4.39. The van der Waals surface area contributed by atoms with Gasteiger partial charge >= 0.3 is 0 Å². The molecule has 1 fully saturated rings. The van der Waals surface area contributed by atoms with E-state index in [-0.39, 0.29) is 0 Å². The van der Waals surface area contributed by atoms with Crippen LogP contribution in [0.1, 0.15) is 32.6 Å². The Hall–Kier alpha value is -0.570. The number of nitrogens with one attached hydrogen (secondary N) is 1. The minimum Gasteiger partial charge on any atom is -0.359 e. The molecule has 3 heteroatoms. The van der Waals surface area contributed by atoms with E-state index in [1.165, 1.54) is 12.8 Å². The highest BCUT2D eigenvalue weighted by molar-refractivity contribution is 5.79. The number of nitrogens with zero attached hydrogens (tertiary/aromatic N) is 2. The van der Waals surface area contributed by atoms with Gasteiger partial charge in [-0.2, -0.15) is 0 Å². The molecule has 0 aromatic heterocycles. The van der Waals surface area contributed by atoms with Crippen LogP contribution in [0.4, 0.5) is 0 Å². The van der Waals surface area contributed by atoms with Crippen LogP contribution in [-0.2, 0) is 0 Å². The van der Waals surface area contributed by atoms with Gasteiger partial charge in [0.25, 0.3) is 0 Å². The minimum absolute atomic E-state index is 0.640. The highest BCUT2D eigenvalue weighted by atomic mass is 15.2.